The number of benzene rings is 3. The molecule has 0 bridgehead atoms. The lowest BCUT2D eigenvalue weighted by atomic mass is 10.1. The SMILES string of the molecule is c1ccc(-n2c3ccc(-c4ccco4)cc3c3[nH]c4ccccc4c32)cc1. The van der Waals surface area contributed by atoms with Gasteiger partial charge in [-0.15, -0.1) is 0 Å². The molecule has 0 saturated heterocycles. The number of hydrogen-bond donors (Lipinski definition) is 1. The van der Waals surface area contributed by atoms with Crippen LogP contribution in [0.1, 0.15) is 0 Å². The van der Waals surface area contributed by atoms with Gasteiger partial charge < -0.3 is 14.0 Å². The lowest BCUT2D eigenvalue weighted by Gasteiger charge is -2.08. The maximum atomic E-state index is 5.61. The first-order valence-electron chi connectivity index (χ1n) is 9.04. The van der Waals surface area contributed by atoms with Crippen molar-refractivity contribution in [2.45, 2.75) is 0 Å². The predicted octanol–water partition coefficient (Wildman–Crippen LogP) is 6.53. The number of rotatable bonds is 2. The van der Waals surface area contributed by atoms with Crippen molar-refractivity contribution in [1.82, 2.24) is 9.55 Å². The highest BCUT2D eigenvalue weighted by molar-refractivity contribution is 6.18. The molecule has 3 heterocycles. The Morgan fingerprint density at radius 3 is 2.44 bits per heavy atom. The summed E-state index contributed by atoms with van der Waals surface area (Å²) in [5, 5.41) is 2.42. The number of H-pyrrole nitrogens is 1. The number of para-hydroxylation sites is 2. The fourth-order valence-electron chi connectivity index (χ4n) is 4.05. The highest BCUT2D eigenvalue weighted by Gasteiger charge is 2.17. The van der Waals surface area contributed by atoms with Gasteiger partial charge in [0.15, 0.2) is 0 Å². The predicted molar refractivity (Wildman–Crippen MR) is 110 cm³/mol. The van der Waals surface area contributed by atoms with E-state index in [1.54, 1.807) is 6.26 Å². The summed E-state index contributed by atoms with van der Waals surface area (Å²) in [6, 6.07) is 29.4. The second-order valence-corrected chi connectivity index (χ2v) is 6.77. The molecule has 128 valence electrons. The summed E-state index contributed by atoms with van der Waals surface area (Å²) in [7, 11) is 0. The van der Waals surface area contributed by atoms with Gasteiger partial charge in [0, 0.05) is 27.5 Å². The van der Waals surface area contributed by atoms with Crippen LogP contribution in [0.4, 0.5) is 0 Å². The van der Waals surface area contributed by atoms with Gasteiger partial charge in [0.25, 0.3) is 0 Å². The van der Waals surface area contributed by atoms with Gasteiger partial charge in [-0.25, -0.2) is 0 Å². The van der Waals surface area contributed by atoms with Crippen molar-refractivity contribution in [3.63, 3.8) is 0 Å². The van der Waals surface area contributed by atoms with Crippen molar-refractivity contribution in [2.75, 3.05) is 0 Å². The van der Waals surface area contributed by atoms with Gasteiger partial charge in [-0.3, -0.25) is 0 Å². The average molecular weight is 348 g/mol. The fourth-order valence-corrected chi connectivity index (χ4v) is 4.05. The summed E-state index contributed by atoms with van der Waals surface area (Å²) in [5.41, 5.74) is 6.94. The lowest BCUT2D eigenvalue weighted by Crippen LogP contribution is -1.93. The van der Waals surface area contributed by atoms with Crippen molar-refractivity contribution in [3.8, 4) is 17.0 Å². The van der Waals surface area contributed by atoms with E-state index in [4.69, 9.17) is 4.42 Å². The van der Waals surface area contributed by atoms with Crippen LogP contribution in [0.15, 0.2) is 95.6 Å². The summed E-state index contributed by atoms with van der Waals surface area (Å²) in [6.07, 6.45) is 1.72. The number of nitrogens with zero attached hydrogens (tertiary/aromatic N) is 1. The second kappa shape index (κ2) is 5.39. The highest BCUT2D eigenvalue weighted by atomic mass is 16.3. The molecule has 0 atom stereocenters. The van der Waals surface area contributed by atoms with E-state index in [0.29, 0.717) is 0 Å². The molecule has 0 radical (unpaired) electrons. The number of nitrogens with one attached hydrogen (secondary N) is 1. The molecule has 0 aliphatic carbocycles. The minimum atomic E-state index is 0.883. The third-order valence-corrected chi connectivity index (χ3v) is 5.23. The van der Waals surface area contributed by atoms with Crippen molar-refractivity contribution in [3.05, 3.63) is 91.2 Å². The first-order chi connectivity index (χ1) is 13.4. The summed E-state index contributed by atoms with van der Waals surface area (Å²) in [5.74, 6) is 0.883. The Kier molecular flexibility index (Phi) is 2.88. The van der Waals surface area contributed by atoms with Crippen molar-refractivity contribution in [2.24, 2.45) is 0 Å². The molecule has 0 spiro atoms. The number of furan rings is 1. The fraction of sp³-hybridized carbons (Fsp3) is 0. The van der Waals surface area contributed by atoms with E-state index in [1.165, 1.54) is 21.8 Å². The first-order valence-corrected chi connectivity index (χ1v) is 9.04. The monoisotopic (exact) mass is 348 g/mol. The van der Waals surface area contributed by atoms with Gasteiger partial charge in [0.1, 0.15) is 5.76 Å². The van der Waals surface area contributed by atoms with E-state index in [0.717, 1.165) is 28.0 Å². The van der Waals surface area contributed by atoms with Crippen LogP contribution in [0.5, 0.6) is 0 Å². The molecule has 3 heteroatoms. The maximum Gasteiger partial charge on any atom is 0.133 e. The molecule has 3 aromatic carbocycles. The highest BCUT2D eigenvalue weighted by Crippen LogP contribution is 2.38. The van der Waals surface area contributed by atoms with Crippen LogP contribution in [0.2, 0.25) is 0 Å². The van der Waals surface area contributed by atoms with Crippen LogP contribution in [-0.4, -0.2) is 9.55 Å². The molecule has 0 amide bonds. The second-order valence-electron chi connectivity index (χ2n) is 6.77. The van der Waals surface area contributed by atoms with Gasteiger partial charge in [0.2, 0.25) is 0 Å². The smallest absolute Gasteiger partial charge is 0.133 e. The largest absolute Gasteiger partial charge is 0.464 e. The minimum absolute atomic E-state index is 0.883. The molecule has 3 nitrogen and oxygen atoms in total. The Labute approximate surface area is 155 Å². The summed E-state index contributed by atoms with van der Waals surface area (Å²) >= 11 is 0. The lowest BCUT2D eigenvalue weighted by molar-refractivity contribution is 0.582. The molecule has 0 aliphatic rings. The molecule has 6 rings (SSSR count). The molecule has 0 fully saturated rings. The van der Waals surface area contributed by atoms with E-state index < -0.39 is 0 Å². The van der Waals surface area contributed by atoms with E-state index in [2.05, 4.69) is 82.3 Å². The van der Waals surface area contributed by atoms with Crippen LogP contribution in [-0.2, 0) is 0 Å². The molecule has 6 aromatic rings. The Balaban J connectivity index is 1.79. The van der Waals surface area contributed by atoms with E-state index in [9.17, 15) is 0 Å². The van der Waals surface area contributed by atoms with Crippen molar-refractivity contribution >= 4 is 32.8 Å². The first kappa shape index (κ1) is 14.4. The number of aromatic nitrogens is 2. The Morgan fingerprint density at radius 1 is 0.741 bits per heavy atom. The van der Waals surface area contributed by atoms with Crippen LogP contribution >= 0.6 is 0 Å². The quantitative estimate of drug-likeness (QED) is 0.379. The van der Waals surface area contributed by atoms with E-state index in [1.807, 2.05) is 12.1 Å². The Bertz CT molecular complexity index is 1400. The molecule has 1 N–H and O–H groups in total. The normalized spacial score (nSPS) is 11.7. The topological polar surface area (TPSA) is 33.9 Å². The van der Waals surface area contributed by atoms with Crippen molar-refractivity contribution in [1.29, 1.82) is 0 Å². The van der Waals surface area contributed by atoms with Gasteiger partial charge in [-0.05, 0) is 48.5 Å². The zero-order chi connectivity index (χ0) is 17.8. The molecule has 3 aromatic heterocycles. The zero-order valence-corrected chi connectivity index (χ0v) is 14.5. The summed E-state index contributed by atoms with van der Waals surface area (Å²) < 4.78 is 7.96. The third kappa shape index (κ3) is 2.02. The van der Waals surface area contributed by atoms with Gasteiger partial charge >= 0.3 is 0 Å². The minimum Gasteiger partial charge on any atom is -0.464 e. The standard InChI is InChI=1S/C24H16N2O/c1-2-7-17(8-3-1)26-21-13-12-16(22-11-6-14-27-22)15-19(21)23-24(26)18-9-4-5-10-20(18)25-23/h1-15,25H. The number of hydrogen-bond acceptors (Lipinski definition) is 1. The molecule has 0 saturated carbocycles. The molecule has 0 aliphatic heterocycles. The van der Waals surface area contributed by atoms with Crippen molar-refractivity contribution < 1.29 is 4.42 Å². The summed E-state index contributed by atoms with van der Waals surface area (Å²) in [6.45, 7) is 0. The molecular formula is C24H16N2O. The zero-order valence-electron chi connectivity index (χ0n) is 14.5. The van der Waals surface area contributed by atoms with Gasteiger partial charge in [-0.1, -0.05) is 36.4 Å². The average Bonchev–Trinajstić information content (AvgIpc) is 3.43. The van der Waals surface area contributed by atoms with Crippen LogP contribution in [0.25, 0.3) is 49.9 Å². The van der Waals surface area contributed by atoms with Crippen LogP contribution in [0, 0.1) is 0 Å². The maximum absolute atomic E-state index is 5.61. The molecule has 27 heavy (non-hydrogen) atoms. The molecule has 0 unspecified atom stereocenters. The molecular weight excluding hydrogens is 332 g/mol. The van der Waals surface area contributed by atoms with E-state index >= 15 is 0 Å². The summed E-state index contributed by atoms with van der Waals surface area (Å²) in [4.78, 5) is 3.63. The van der Waals surface area contributed by atoms with Crippen LogP contribution < -0.4 is 0 Å². The number of fused-ring (bicyclic) bond motifs is 5. The Hall–Kier alpha value is -3.72. The van der Waals surface area contributed by atoms with Gasteiger partial charge in [-0.2, -0.15) is 0 Å². The third-order valence-electron chi connectivity index (χ3n) is 5.23. The van der Waals surface area contributed by atoms with Crippen LogP contribution in [0.3, 0.4) is 0 Å². The number of aromatic amines is 1. The Morgan fingerprint density at radius 2 is 1.59 bits per heavy atom. The van der Waals surface area contributed by atoms with E-state index in [-0.39, 0.29) is 0 Å². The van der Waals surface area contributed by atoms with Gasteiger partial charge in [0.05, 0.1) is 22.8 Å².